The Morgan fingerprint density at radius 1 is 0.971 bits per heavy atom. The first-order valence-electron chi connectivity index (χ1n) is 11.1. The normalized spacial score (nSPS) is 13.8. The first-order chi connectivity index (χ1) is 16.1. The minimum Gasteiger partial charge on any atom is -0.352 e. The molecule has 0 aromatic heterocycles. The van der Waals surface area contributed by atoms with E-state index in [1.807, 2.05) is 13.8 Å². The zero-order valence-electron chi connectivity index (χ0n) is 19.3. The van der Waals surface area contributed by atoms with Gasteiger partial charge >= 0.3 is 0 Å². The van der Waals surface area contributed by atoms with Gasteiger partial charge in [-0.2, -0.15) is 0 Å². The lowest BCUT2D eigenvalue weighted by Crippen LogP contribution is -2.49. The van der Waals surface area contributed by atoms with E-state index in [0.717, 1.165) is 10.5 Å². The molecule has 2 aromatic carbocycles. The highest BCUT2D eigenvalue weighted by atomic mass is 35.5. The summed E-state index contributed by atoms with van der Waals surface area (Å²) >= 11 is 12.1. The fourth-order valence-electron chi connectivity index (χ4n) is 3.80. The van der Waals surface area contributed by atoms with Crippen molar-refractivity contribution in [1.82, 2.24) is 15.1 Å². The van der Waals surface area contributed by atoms with E-state index in [1.165, 1.54) is 4.90 Å². The molecule has 0 spiro atoms. The molecule has 0 bridgehead atoms. The van der Waals surface area contributed by atoms with Crippen molar-refractivity contribution in [3.8, 4) is 0 Å². The smallest absolute Gasteiger partial charge is 0.261 e. The average molecular weight is 504 g/mol. The standard InChI is InChI=1S/C25H27Cl2N3O4/c1-15(2)28-23(32)16(3)30(14-17-10-11-20(26)21(27)13-17)22(31)9-6-12-29-24(33)18-7-4-5-8-19(18)25(29)34/h4-5,7-8,10-11,13,15-16H,6,9,12,14H2,1-3H3,(H,28,32)/t16-/m0/s1. The van der Waals surface area contributed by atoms with Crippen LogP contribution in [0.2, 0.25) is 10.0 Å². The molecule has 0 saturated carbocycles. The van der Waals surface area contributed by atoms with Gasteiger partial charge in [0.05, 0.1) is 21.2 Å². The van der Waals surface area contributed by atoms with Crippen molar-refractivity contribution in [3.05, 3.63) is 69.2 Å². The van der Waals surface area contributed by atoms with Crippen LogP contribution in [0.1, 0.15) is 59.9 Å². The maximum absolute atomic E-state index is 13.2. The lowest BCUT2D eigenvalue weighted by molar-refractivity contribution is -0.140. The minimum atomic E-state index is -0.733. The van der Waals surface area contributed by atoms with Gasteiger partial charge in [0.15, 0.2) is 0 Å². The molecule has 1 heterocycles. The maximum atomic E-state index is 13.2. The Morgan fingerprint density at radius 2 is 1.59 bits per heavy atom. The number of benzene rings is 2. The third kappa shape index (κ3) is 5.77. The Bertz CT molecular complexity index is 1080. The molecule has 4 amide bonds. The number of fused-ring (bicyclic) bond motifs is 1. The third-order valence-electron chi connectivity index (χ3n) is 5.59. The highest BCUT2D eigenvalue weighted by Gasteiger charge is 2.35. The Hall–Kier alpha value is -2.90. The molecule has 0 fully saturated rings. The topological polar surface area (TPSA) is 86.8 Å². The summed E-state index contributed by atoms with van der Waals surface area (Å²) in [5, 5.41) is 3.59. The number of carbonyl (C=O) groups is 4. The number of halogens is 2. The van der Waals surface area contributed by atoms with Gasteiger partial charge < -0.3 is 10.2 Å². The van der Waals surface area contributed by atoms with Crippen LogP contribution in [-0.2, 0) is 16.1 Å². The van der Waals surface area contributed by atoms with E-state index in [2.05, 4.69) is 5.32 Å². The van der Waals surface area contributed by atoms with E-state index in [-0.39, 0.29) is 55.6 Å². The molecule has 0 unspecified atom stereocenters. The van der Waals surface area contributed by atoms with Gasteiger partial charge in [-0.3, -0.25) is 24.1 Å². The molecule has 0 aliphatic carbocycles. The molecule has 180 valence electrons. The highest BCUT2D eigenvalue weighted by molar-refractivity contribution is 6.42. The molecule has 1 aliphatic heterocycles. The van der Waals surface area contributed by atoms with Crippen molar-refractivity contribution in [2.24, 2.45) is 0 Å². The second-order valence-electron chi connectivity index (χ2n) is 8.52. The molecule has 34 heavy (non-hydrogen) atoms. The zero-order chi connectivity index (χ0) is 25.0. The molecule has 1 aliphatic rings. The number of nitrogens with one attached hydrogen (secondary N) is 1. The van der Waals surface area contributed by atoms with Crippen LogP contribution in [0.3, 0.4) is 0 Å². The van der Waals surface area contributed by atoms with E-state index in [4.69, 9.17) is 23.2 Å². The van der Waals surface area contributed by atoms with E-state index < -0.39 is 6.04 Å². The quantitative estimate of drug-likeness (QED) is 0.516. The van der Waals surface area contributed by atoms with Crippen molar-refractivity contribution >= 4 is 46.8 Å². The van der Waals surface area contributed by atoms with Gasteiger partial charge in [-0.25, -0.2) is 0 Å². The second kappa shape index (κ2) is 11.0. The number of hydrogen-bond acceptors (Lipinski definition) is 4. The number of rotatable bonds is 9. The van der Waals surface area contributed by atoms with E-state index in [1.54, 1.807) is 49.4 Å². The number of hydrogen-bond donors (Lipinski definition) is 1. The first-order valence-corrected chi connectivity index (χ1v) is 11.8. The van der Waals surface area contributed by atoms with Gasteiger partial charge in [0.25, 0.3) is 11.8 Å². The summed E-state index contributed by atoms with van der Waals surface area (Å²) in [7, 11) is 0. The number of nitrogens with zero attached hydrogens (tertiary/aromatic N) is 2. The summed E-state index contributed by atoms with van der Waals surface area (Å²) in [6.07, 6.45) is 0.342. The van der Waals surface area contributed by atoms with Crippen molar-refractivity contribution in [3.63, 3.8) is 0 Å². The molecule has 0 radical (unpaired) electrons. The molecule has 1 N–H and O–H groups in total. The van der Waals surface area contributed by atoms with Gasteiger partial charge in [0.2, 0.25) is 11.8 Å². The van der Waals surface area contributed by atoms with Crippen LogP contribution in [0.4, 0.5) is 0 Å². The molecule has 2 aromatic rings. The lowest BCUT2D eigenvalue weighted by atomic mass is 10.1. The number of carbonyl (C=O) groups excluding carboxylic acids is 4. The van der Waals surface area contributed by atoms with Crippen LogP contribution in [0.15, 0.2) is 42.5 Å². The lowest BCUT2D eigenvalue weighted by Gasteiger charge is -2.29. The zero-order valence-corrected chi connectivity index (χ0v) is 20.8. The Morgan fingerprint density at radius 3 is 2.15 bits per heavy atom. The molecule has 9 heteroatoms. The second-order valence-corrected chi connectivity index (χ2v) is 9.33. The van der Waals surface area contributed by atoms with Gasteiger partial charge in [-0.05, 0) is 57.0 Å². The first kappa shape index (κ1) is 25.7. The predicted octanol–water partition coefficient (Wildman–Crippen LogP) is 4.31. The van der Waals surface area contributed by atoms with Gasteiger partial charge in [-0.1, -0.05) is 41.4 Å². The Balaban J connectivity index is 1.69. The fraction of sp³-hybridized carbons (Fsp3) is 0.360. The molecule has 0 saturated heterocycles. The van der Waals surface area contributed by atoms with Crippen LogP contribution in [0, 0.1) is 0 Å². The molecule has 1 atom stereocenters. The van der Waals surface area contributed by atoms with Gasteiger partial charge in [-0.15, -0.1) is 0 Å². The van der Waals surface area contributed by atoms with Crippen LogP contribution in [0.25, 0.3) is 0 Å². The van der Waals surface area contributed by atoms with Crippen molar-refractivity contribution in [2.45, 2.75) is 52.2 Å². The average Bonchev–Trinajstić information content (AvgIpc) is 3.03. The summed E-state index contributed by atoms with van der Waals surface area (Å²) in [5.74, 6) is -1.26. The Labute approximate surface area is 209 Å². The van der Waals surface area contributed by atoms with E-state index in [9.17, 15) is 19.2 Å². The number of imide groups is 1. The summed E-state index contributed by atoms with van der Waals surface area (Å²) in [5.41, 5.74) is 1.48. The fourth-order valence-corrected chi connectivity index (χ4v) is 4.12. The molecular formula is C25H27Cl2N3O4. The highest BCUT2D eigenvalue weighted by Crippen LogP contribution is 2.25. The predicted molar refractivity (Wildman–Crippen MR) is 131 cm³/mol. The Kier molecular flexibility index (Phi) is 8.33. The number of amides is 4. The SMILES string of the molecule is CC(C)NC(=O)[C@H](C)N(Cc1ccc(Cl)c(Cl)c1)C(=O)CCCN1C(=O)c2ccccc2C1=O. The van der Waals surface area contributed by atoms with Crippen LogP contribution in [0.5, 0.6) is 0 Å². The van der Waals surface area contributed by atoms with E-state index >= 15 is 0 Å². The van der Waals surface area contributed by atoms with Crippen LogP contribution >= 0.6 is 23.2 Å². The van der Waals surface area contributed by atoms with Crippen molar-refractivity contribution < 1.29 is 19.2 Å². The molecule has 3 rings (SSSR count). The summed E-state index contributed by atoms with van der Waals surface area (Å²) in [6.45, 7) is 5.63. The van der Waals surface area contributed by atoms with Gasteiger partial charge in [0, 0.05) is 25.6 Å². The van der Waals surface area contributed by atoms with E-state index in [0.29, 0.717) is 21.2 Å². The monoisotopic (exact) mass is 503 g/mol. The summed E-state index contributed by atoms with van der Waals surface area (Å²) in [4.78, 5) is 53.6. The van der Waals surface area contributed by atoms with Gasteiger partial charge in [0.1, 0.15) is 6.04 Å². The van der Waals surface area contributed by atoms with Crippen LogP contribution in [-0.4, -0.2) is 52.1 Å². The third-order valence-corrected chi connectivity index (χ3v) is 6.32. The minimum absolute atomic E-state index is 0.0635. The van der Waals surface area contributed by atoms with Crippen molar-refractivity contribution in [1.29, 1.82) is 0 Å². The summed E-state index contributed by atoms with van der Waals surface area (Å²) < 4.78 is 0. The summed E-state index contributed by atoms with van der Waals surface area (Å²) in [6, 6.07) is 10.9. The van der Waals surface area contributed by atoms with Crippen molar-refractivity contribution in [2.75, 3.05) is 6.54 Å². The van der Waals surface area contributed by atoms with Crippen LogP contribution < -0.4 is 5.32 Å². The largest absolute Gasteiger partial charge is 0.352 e. The molecular weight excluding hydrogens is 477 g/mol. The maximum Gasteiger partial charge on any atom is 0.261 e. The molecule has 7 nitrogen and oxygen atoms in total.